The van der Waals surface area contributed by atoms with Gasteiger partial charge >= 0.3 is 0 Å². The molecule has 1 unspecified atom stereocenters. The zero-order chi connectivity index (χ0) is 20.4. The number of quaternary nitrogens is 1. The summed E-state index contributed by atoms with van der Waals surface area (Å²) >= 11 is 1.77. The van der Waals surface area contributed by atoms with Crippen LogP contribution in [0.3, 0.4) is 0 Å². The Bertz CT molecular complexity index is 965. The molecule has 2 aromatic carbocycles. The first-order chi connectivity index (χ1) is 14.0. The minimum Gasteiger partial charge on any atom is -1.00 e. The summed E-state index contributed by atoms with van der Waals surface area (Å²) in [6.45, 7) is 6.13. The number of anilines is 2. The molecule has 1 fully saturated rings. The van der Waals surface area contributed by atoms with Gasteiger partial charge in [-0.3, -0.25) is 4.79 Å². The van der Waals surface area contributed by atoms with Crippen molar-refractivity contribution in [3.63, 3.8) is 0 Å². The summed E-state index contributed by atoms with van der Waals surface area (Å²) in [5, 5.41) is 2.78. The maximum Gasteiger partial charge on any atom is 0.252 e. The minimum absolute atomic E-state index is 0. The maximum atomic E-state index is 12.5. The molecular weight excluding hydrogens is 505 g/mol. The standard InChI is InChI=1S/C24H27N3OS.HI/c1-4-13-25-24(28)19-11-12-23-21(16-19)26(20-9-5-6-10-22(20)29-23)18(2)17-27(3)14-7-8-15-27;/h1,5-6,9-12,16,18H,7-8,13-15,17H2,2-3H3;1H. The van der Waals surface area contributed by atoms with Crippen LogP contribution in [0.4, 0.5) is 11.4 Å². The Morgan fingerprint density at radius 1 is 1.20 bits per heavy atom. The third-order valence-corrected chi connectivity index (χ3v) is 7.10. The average molecular weight is 533 g/mol. The van der Waals surface area contributed by atoms with Gasteiger partial charge in [-0.15, -0.1) is 6.42 Å². The Hall–Kier alpha value is -1.69. The highest BCUT2D eigenvalue weighted by Crippen LogP contribution is 2.49. The summed E-state index contributed by atoms with van der Waals surface area (Å²) in [6, 6.07) is 14.9. The molecule has 2 aromatic rings. The number of para-hydroxylation sites is 1. The molecule has 0 bridgehead atoms. The highest BCUT2D eigenvalue weighted by Gasteiger charge is 2.34. The number of nitrogens with one attached hydrogen (secondary N) is 1. The predicted molar refractivity (Wildman–Crippen MR) is 120 cm³/mol. The molecule has 0 radical (unpaired) electrons. The van der Waals surface area contributed by atoms with Gasteiger partial charge in [0.2, 0.25) is 0 Å². The molecule has 0 spiro atoms. The third-order valence-electron chi connectivity index (χ3n) is 5.97. The summed E-state index contributed by atoms with van der Waals surface area (Å²) < 4.78 is 1.12. The molecule has 4 rings (SSSR count). The van der Waals surface area contributed by atoms with Crippen LogP contribution in [0.2, 0.25) is 0 Å². The number of amides is 1. The second-order valence-corrected chi connectivity index (χ2v) is 9.40. The Morgan fingerprint density at radius 3 is 2.63 bits per heavy atom. The second-order valence-electron chi connectivity index (χ2n) is 8.31. The van der Waals surface area contributed by atoms with Crippen molar-refractivity contribution in [1.82, 2.24) is 5.32 Å². The van der Waals surface area contributed by atoms with Gasteiger partial charge in [0, 0.05) is 28.2 Å². The summed E-state index contributed by atoms with van der Waals surface area (Å²) in [4.78, 5) is 17.4. The molecule has 1 saturated heterocycles. The molecule has 2 heterocycles. The quantitative estimate of drug-likeness (QED) is 0.357. The van der Waals surface area contributed by atoms with Crippen LogP contribution in [-0.4, -0.2) is 49.7 Å². The number of terminal acetylenes is 1. The van der Waals surface area contributed by atoms with E-state index in [0.717, 1.165) is 16.7 Å². The van der Waals surface area contributed by atoms with E-state index in [1.54, 1.807) is 11.8 Å². The van der Waals surface area contributed by atoms with Gasteiger partial charge in [-0.1, -0.05) is 29.8 Å². The van der Waals surface area contributed by atoms with Crippen molar-refractivity contribution >= 4 is 29.0 Å². The zero-order valence-electron chi connectivity index (χ0n) is 17.5. The number of carbonyl (C=O) groups excluding carboxylic acids is 1. The Morgan fingerprint density at radius 2 is 1.90 bits per heavy atom. The summed E-state index contributed by atoms with van der Waals surface area (Å²) in [7, 11) is 2.37. The Balaban J connectivity index is 0.00000256. The molecule has 1 amide bonds. The summed E-state index contributed by atoms with van der Waals surface area (Å²) in [5.74, 6) is 2.34. The molecule has 1 N–H and O–H groups in total. The van der Waals surface area contributed by atoms with Gasteiger partial charge in [-0.2, -0.15) is 0 Å². The first-order valence-electron chi connectivity index (χ1n) is 10.3. The van der Waals surface area contributed by atoms with Crippen LogP contribution in [0.1, 0.15) is 30.1 Å². The van der Waals surface area contributed by atoms with Crippen LogP contribution in [0.5, 0.6) is 0 Å². The monoisotopic (exact) mass is 533 g/mol. The fraction of sp³-hybridized carbons (Fsp3) is 0.375. The van der Waals surface area contributed by atoms with Crippen LogP contribution in [0.25, 0.3) is 0 Å². The topological polar surface area (TPSA) is 32.3 Å². The van der Waals surface area contributed by atoms with Gasteiger partial charge in [0.25, 0.3) is 5.91 Å². The number of likely N-dealkylation sites (tertiary alicyclic amines) is 1. The molecule has 2 aliphatic heterocycles. The molecule has 0 saturated carbocycles. The van der Waals surface area contributed by atoms with E-state index < -0.39 is 0 Å². The molecule has 6 heteroatoms. The molecule has 4 nitrogen and oxygen atoms in total. The number of rotatable bonds is 5. The van der Waals surface area contributed by atoms with Gasteiger partial charge in [-0.05, 0) is 37.3 Å². The molecule has 0 aliphatic carbocycles. The smallest absolute Gasteiger partial charge is 0.252 e. The van der Waals surface area contributed by atoms with E-state index in [0.29, 0.717) is 11.6 Å². The highest BCUT2D eigenvalue weighted by molar-refractivity contribution is 7.99. The van der Waals surface area contributed by atoms with E-state index in [4.69, 9.17) is 6.42 Å². The Kier molecular flexibility index (Phi) is 7.38. The lowest BCUT2D eigenvalue weighted by Gasteiger charge is -2.41. The van der Waals surface area contributed by atoms with Gasteiger partial charge < -0.3 is 38.7 Å². The molecule has 0 aromatic heterocycles. The van der Waals surface area contributed by atoms with Crippen molar-refractivity contribution < 1.29 is 33.3 Å². The molecule has 158 valence electrons. The number of halogens is 1. The fourth-order valence-electron chi connectivity index (χ4n) is 4.63. The van der Waals surface area contributed by atoms with Gasteiger partial charge in [0.05, 0.1) is 50.6 Å². The van der Waals surface area contributed by atoms with E-state index in [-0.39, 0.29) is 36.4 Å². The minimum atomic E-state index is -0.124. The lowest BCUT2D eigenvalue weighted by molar-refractivity contribution is -0.898. The molecule has 2 aliphatic rings. The van der Waals surface area contributed by atoms with Gasteiger partial charge in [-0.25, -0.2) is 0 Å². The van der Waals surface area contributed by atoms with Crippen LogP contribution < -0.4 is 34.2 Å². The Labute approximate surface area is 201 Å². The van der Waals surface area contributed by atoms with E-state index in [1.165, 1.54) is 41.4 Å². The van der Waals surface area contributed by atoms with E-state index in [9.17, 15) is 4.79 Å². The average Bonchev–Trinajstić information content (AvgIpc) is 3.15. The summed E-state index contributed by atoms with van der Waals surface area (Å²) in [5.41, 5.74) is 2.99. The second kappa shape index (κ2) is 9.63. The number of carbonyl (C=O) groups is 1. The molecule has 1 atom stereocenters. The van der Waals surface area contributed by atoms with Crippen molar-refractivity contribution in [2.75, 3.05) is 38.1 Å². The maximum absolute atomic E-state index is 12.5. The van der Waals surface area contributed by atoms with E-state index in [2.05, 4.69) is 60.4 Å². The number of hydrogen-bond donors (Lipinski definition) is 1. The normalized spacial score (nSPS) is 17.2. The van der Waals surface area contributed by atoms with E-state index >= 15 is 0 Å². The SMILES string of the molecule is C#CCNC(=O)c1ccc2c(c1)N(C(C)C[N+]1(C)CCCC1)c1ccccc1S2.[I-]. The number of fused-ring (bicyclic) bond motifs is 2. The van der Waals surface area contributed by atoms with E-state index in [1.807, 2.05) is 12.1 Å². The van der Waals surface area contributed by atoms with Crippen LogP contribution in [0, 0.1) is 12.3 Å². The summed E-state index contributed by atoms with van der Waals surface area (Å²) in [6.07, 6.45) is 7.92. The predicted octanol–water partition coefficient (Wildman–Crippen LogP) is 1.29. The van der Waals surface area contributed by atoms with Gasteiger partial charge in [0.1, 0.15) is 0 Å². The van der Waals surface area contributed by atoms with Crippen molar-refractivity contribution in [2.45, 2.75) is 35.6 Å². The molecular formula is C24H28IN3OS. The first-order valence-corrected chi connectivity index (χ1v) is 11.1. The van der Waals surface area contributed by atoms with Crippen molar-refractivity contribution in [2.24, 2.45) is 0 Å². The number of nitrogens with zero attached hydrogens (tertiary/aromatic N) is 2. The number of hydrogen-bond acceptors (Lipinski definition) is 3. The number of benzene rings is 2. The number of likely N-dealkylation sites (N-methyl/N-ethyl adjacent to an activating group) is 1. The lowest BCUT2D eigenvalue weighted by Crippen LogP contribution is -3.00. The fourth-order valence-corrected chi connectivity index (χ4v) is 5.69. The van der Waals surface area contributed by atoms with Crippen molar-refractivity contribution in [3.05, 3.63) is 48.0 Å². The van der Waals surface area contributed by atoms with Crippen LogP contribution >= 0.6 is 11.8 Å². The van der Waals surface area contributed by atoms with Crippen LogP contribution in [-0.2, 0) is 0 Å². The first kappa shape index (κ1) is 23.0. The zero-order valence-corrected chi connectivity index (χ0v) is 20.5. The van der Waals surface area contributed by atoms with Crippen molar-refractivity contribution in [1.29, 1.82) is 0 Å². The van der Waals surface area contributed by atoms with Crippen LogP contribution in [0.15, 0.2) is 52.3 Å². The molecule has 30 heavy (non-hydrogen) atoms. The lowest BCUT2D eigenvalue weighted by atomic mass is 10.1. The largest absolute Gasteiger partial charge is 1.00 e. The van der Waals surface area contributed by atoms with Gasteiger partial charge in [0.15, 0.2) is 0 Å². The highest BCUT2D eigenvalue weighted by atomic mass is 127. The van der Waals surface area contributed by atoms with Crippen molar-refractivity contribution in [3.8, 4) is 12.3 Å². The third kappa shape index (κ3) is 4.63.